The van der Waals surface area contributed by atoms with Crippen LogP contribution in [-0.4, -0.2) is 80.6 Å². The molecule has 2 aliphatic heterocycles. The molecule has 0 spiro atoms. The van der Waals surface area contributed by atoms with Crippen LogP contribution in [0.25, 0.3) is 11.1 Å². The van der Waals surface area contributed by atoms with E-state index < -0.39 is 9.84 Å². The molecule has 0 N–H and O–H groups in total. The molecule has 0 aromatic heterocycles. The number of hydrogen-bond donors (Lipinski definition) is 0. The van der Waals surface area contributed by atoms with Crippen LogP contribution in [0.5, 0.6) is 0 Å². The Morgan fingerprint density at radius 1 is 0.909 bits per heavy atom. The summed E-state index contributed by atoms with van der Waals surface area (Å²) in [5, 5.41) is 0. The lowest BCUT2D eigenvalue weighted by molar-refractivity contribution is -0.135. The first kappa shape index (κ1) is 22.6. The molecule has 33 heavy (non-hydrogen) atoms. The average Bonchev–Trinajstić information content (AvgIpc) is 2.77. The fourth-order valence-electron chi connectivity index (χ4n) is 5.20. The van der Waals surface area contributed by atoms with E-state index in [-0.39, 0.29) is 5.91 Å². The number of nitrogens with zero attached hydrogens (tertiary/aromatic N) is 3. The molecule has 3 aliphatic rings. The minimum absolute atomic E-state index is 0.259. The van der Waals surface area contributed by atoms with Gasteiger partial charge in [-0.25, -0.2) is 8.42 Å². The number of fused-ring (bicyclic) bond motifs is 1. The van der Waals surface area contributed by atoms with E-state index in [1.165, 1.54) is 36.6 Å². The Hall–Kier alpha value is -2.22. The minimum Gasteiger partial charge on any atom is -0.339 e. The van der Waals surface area contributed by atoms with Crippen LogP contribution >= 0.6 is 0 Å². The fourth-order valence-corrected chi connectivity index (χ4v) is 5.83. The van der Waals surface area contributed by atoms with E-state index in [4.69, 9.17) is 0 Å². The van der Waals surface area contributed by atoms with E-state index in [9.17, 15) is 13.2 Å². The molecule has 0 atom stereocenters. The number of carbonyl (C=O) groups excluding carboxylic acids is 1. The van der Waals surface area contributed by atoms with Crippen LogP contribution in [0.1, 0.15) is 30.4 Å². The molecule has 2 fully saturated rings. The van der Waals surface area contributed by atoms with Gasteiger partial charge in [0.25, 0.3) is 0 Å². The van der Waals surface area contributed by atoms with Gasteiger partial charge in [-0.3, -0.25) is 14.6 Å². The zero-order valence-corrected chi connectivity index (χ0v) is 20.2. The molecule has 5 rings (SSSR count). The van der Waals surface area contributed by atoms with Gasteiger partial charge in [0.1, 0.15) is 0 Å². The van der Waals surface area contributed by atoms with Crippen molar-refractivity contribution in [3.63, 3.8) is 0 Å². The Morgan fingerprint density at radius 3 is 2.24 bits per heavy atom. The fraction of sp³-hybridized carbons (Fsp3) is 0.500. The van der Waals surface area contributed by atoms with Crippen molar-refractivity contribution in [2.75, 3.05) is 45.5 Å². The third-order valence-corrected chi connectivity index (χ3v) is 8.66. The maximum absolute atomic E-state index is 12.9. The zero-order valence-electron chi connectivity index (χ0n) is 19.4. The van der Waals surface area contributed by atoms with Crippen LogP contribution in [0.2, 0.25) is 0 Å². The van der Waals surface area contributed by atoms with Gasteiger partial charge in [-0.05, 0) is 53.6 Å². The Labute approximate surface area is 197 Å². The molecule has 2 heterocycles. The highest BCUT2D eigenvalue weighted by Crippen LogP contribution is 2.28. The topological polar surface area (TPSA) is 60.9 Å². The van der Waals surface area contributed by atoms with Crippen LogP contribution in [0.15, 0.2) is 47.4 Å². The summed E-state index contributed by atoms with van der Waals surface area (Å²) in [5.41, 5.74) is 4.71. The predicted octanol–water partition coefficient (Wildman–Crippen LogP) is 2.81. The molecule has 0 radical (unpaired) electrons. The van der Waals surface area contributed by atoms with E-state index >= 15 is 0 Å². The molecule has 1 saturated heterocycles. The number of benzene rings is 2. The molecule has 1 amide bonds. The smallest absolute Gasteiger partial charge is 0.236 e. The number of hydrogen-bond acceptors (Lipinski definition) is 5. The summed E-state index contributed by atoms with van der Waals surface area (Å²) >= 11 is 0. The zero-order chi connectivity index (χ0) is 23.0. The molecule has 1 saturated carbocycles. The van der Waals surface area contributed by atoms with Crippen molar-refractivity contribution in [2.24, 2.45) is 0 Å². The van der Waals surface area contributed by atoms with Crippen molar-refractivity contribution >= 4 is 15.7 Å². The molecule has 6 nitrogen and oxygen atoms in total. The average molecular weight is 468 g/mol. The molecule has 2 aromatic carbocycles. The number of carbonyl (C=O) groups is 1. The lowest BCUT2D eigenvalue weighted by Gasteiger charge is -2.43. The van der Waals surface area contributed by atoms with E-state index in [0.717, 1.165) is 62.9 Å². The first-order chi connectivity index (χ1) is 15.9. The summed E-state index contributed by atoms with van der Waals surface area (Å²) in [6, 6.07) is 14.3. The second kappa shape index (κ2) is 9.20. The second-order valence-corrected chi connectivity index (χ2v) is 11.8. The Bertz CT molecular complexity index is 1120. The summed E-state index contributed by atoms with van der Waals surface area (Å²) in [5.74, 6) is 0.259. The van der Waals surface area contributed by atoms with Gasteiger partial charge in [0.2, 0.25) is 5.91 Å². The molecule has 176 valence electrons. The summed E-state index contributed by atoms with van der Waals surface area (Å²) in [6.07, 6.45) is 6.17. The van der Waals surface area contributed by atoms with Crippen molar-refractivity contribution < 1.29 is 13.2 Å². The monoisotopic (exact) mass is 467 g/mol. The van der Waals surface area contributed by atoms with E-state index in [1.54, 1.807) is 12.1 Å². The van der Waals surface area contributed by atoms with Gasteiger partial charge in [0, 0.05) is 51.6 Å². The molecule has 2 aromatic rings. The van der Waals surface area contributed by atoms with Crippen molar-refractivity contribution in [2.45, 2.75) is 43.2 Å². The van der Waals surface area contributed by atoms with Gasteiger partial charge in [-0.15, -0.1) is 0 Å². The van der Waals surface area contributed by atoms with E-state index in [1.807, 2.05) is 17.0 Å². The molecule has 7 heteroatoms. The predicted molar refractivity (Wildman–Crippen MR) is 130 cm³/mol. The third-order valence-electron chi connectivity index (χ3n) is 7.53. The molecular formula is C26H33N3O3S. The summed E-state index contributed by atoms with van der Waals surface area (Å²) in [6.45, 7) is 5.95. The lowest BCUT2D eigenvalue weighted by Crippen LogP contribution is -2.55. The maximum atomic E-state index is 12.9. The van der Waals surface area contributed by atoms with Crippen molar-refractivity contribution in [1.82, 2.24) is 14.7 Å². The number of amides is 1. The summed E-state index contributed by atoms with van der Waals surface area (Å²) < 4.78 is 23.4. The Morgan fingerprint density at radius 2 is 1.61 bits per heavy atom. The molecule has 0 bridgehead atoms. The van der Waals surface area contributed by atoms with E-state index in [2.05, 4.69) is 28.0 Å². The minimum atomic E-state index is -3.18. The second-order valence-electron chi connectivity index (χ2n) is 9.74. The Balaban J connectivity index is 1.18. The highest BCUT2D eigenvalue weighted by atomic mass is 32.2. The maximum Gasteiger partial charge on any atom is 0.236 e. The van der Waals surface area contributed by atoms with Gasteiger partial charge in [-0.2, -0.15) is 0 Å². The first-order valence-corrected chi connectivity index (χ1v) is 13.9. The molecule has 0 unspecified atom stereocenters. The number of sulfone groups is 1. The van der Waals surface area contributed by atoms with Gasteiger partial charge in [0.05, 0.1) is 11.4 Å². The van der Waals surface area contributed by atoms with Crippen LogP contribution in [0, 0.1) is 0 Å². The van der Waals surface area contributed by atoms with Crippen LogP contribution in [0.3, 0.4) is 0 Å². The van der Waals surface area contributed by atoms with Crippen molar-refractivity contribution in [3.8, 4) is 11.1 Å². The largest absolute Gasteiger partial charge is 0.339 e. The van der Waals surface area contributed by atoms with Gasteiger partial charge < -0.3 is 4.90 Å². The SMILES string of the molecule is CS(=O)(=O)c1ccc(-c2ccc3c(c2)CCN(CC(=O)N2CCN(C4CCC4)CC2)C3)cc1. The quantitative estimate of drug-likeness (QED) is 0.677. The van der Waals surface area contributed by atoms with Gasteiger partial charge >= 0.3 is 0 Å². The lowest BCUT2D eigenvalue weighted by atomic mass is 9.91. The Kier molecular flexibility index (Phi) is 6.29. The first-order valence-electron chi connectivity index (χ1n) is 12.0. The van der Waals surface area contributed by atoms with Gasteiger partial charge in [0.15, 0.2) is 9.84 Å². The van der Waals surface area contributed by atoms with Crippen molar-refractivity contribution in [3.05, 3.63) is 53.6 Å². The molecular weight excluding hydrogens is 434 g/mol. The van der Waals surface area contributed by atoms with Crippen LogP contribution < -0.4 is 0 Å². The molecule has 1 aliphatic carbocycles. The van der Waals surface area contributed by atoms with E-state index in [0.29, 0.717) is 11.4 Å². The number of rotatable bonds is 5. The highest BCUT2D eigenvalue weighted by Gasteiger charge is 2.30. The summed E-state index contributed by atoms with van der Waals surface area (Å²) in [7, 11) is -3.18. The third kappa shape index (κ3) is 5.00. The number of piperazine rings is 1. The van der Waals surface area contributed by atoms with Gasteiger partial charge in [-0.1, -0.05) is 36.8 Å². The highest BCUT2D eigenvalue weighted by molar-refractivity contribution is 7.90. The van der Waals surface area contributed by atoms with Crippen LogP contribution in [0.4, 0.5) is 0 Å². The van der Waals surface area contributed by atoms with Crippen LogP contribution in [-0.2, 0) is 27.6 Å². The summed E-state index contributed by atoms with van der Waals surface area (Å²) in [4.78, 5) is 20.1. The standard InChI is InChI=1S/C26H33N3O3S/c1-33(31,32)25-9-7-20(8-10-25)21-5-6-23-18-27(12-11-22(23)17-21)19-26(30)29-15-13-28(14-16-29)24-3-2-4-24/h5-10,17,24H,2-4,11-16,18-19H2,1H3. The normalized spacial score (nSPS) is 20.3. The van der Waals surface area contributed by atoms with Crippen molar-refractivity contribution in [1.29, 1.82) is 0 Å².